The number of halogens is 1. The summed E-state index contributed by atoms with van der Waals surface area (Å²) in [5.41, 5.74) is 2.20. The van der Waals surface area contributed by atoms with E-state index >= 15 is 4.39 Å². The maximum absolute atomic E-state index is 15.1. The quantitative estimate of drug-likeness (QED) is 0.513. The molecule has 0 spiro atoms. The monoisotopic (exact) mass is 438 g/mol. The second-order valence-electron chi connectivity index (χ2n) is 7.96. The molecule has 168 valence electrons. The van der Waals surface area contributed by atoms with E-state index in [1.54, 1.807) is 43.6 Å². The van der Waals surface area contributed by atoms with Crippen LogP contribution in [-0.2, 0) is 16.1 Å². The Morgan fingerprint density at radius 3 is 2.44 bits per heavy atom. The Kier molecular flexibility index (Phi) is 6.44. The molecule has 0 bridgehead atoms. The minimum absolute atomic E-state index is 0.0841. The SMILES string of the molecule is COC(=O)CCCn1cc(-c2ccc(OC)cc2)c(=O)c2c(F)ccc(N3CCCC3)c21. The maximum atomic E-state index is 15.1. The van der Waals surface area contributed by atoms with Gasteiger partial charge >= 0.3 is 5.97 Å². The Bertz CT molecular complexity index is 1180. The lowest BCUT2D eigenvalue weighted by atomic mass is 10.0. The van der Waals surface area contributed by atoms with Gasteiger partial charge in [0.05, 0.1) is 30.8 Å². The van der Waals surface area contributed by atoms with E-state index < -0.39 is 5.82 Å². The number of ether oxygens (including phenoxy) is 2. The van der Waals surface area contributed by atoms with E-state index in [9.17, 15) is 9.59 Å². The van der Waals surface area contributed by atoms with Crippen molar-refractivity contribution in [2.75, 3.05) is 32.2 Å². The zero-order chi connectivity index (χ0) is 22.7. The zero-order valence-corrected chi connectivity index (χ0v) is 18.4. The number of nitrogens with zero attached hydrogens (tertiary/aromatic N) is 2. The van der Waals surface area contributed by atoms with Crippen molar-refractivity contribution in [1.82, 2.24) is 4.57 Å². The summed E-state index contributed by atoms with van der Waals surface area (Å²) in [6.45, 7) is 2.20. The van der Waals surface area contributed by atoms with Crippen LogP contribution < -0.4 is 15.1 Å². The number of anilines is 1. The van der Waals surface area contributed by atoms with Crippen LogP contribution in [-0.4, -0.2) is 37.8 Å². The highest BCUT2D eigenvalue weighted by atomic mass is 19.1. The first-order chi connectivity index (χ1) is 15.5. The van der Waals surface area contributed by atoms with E-state index in [0.29, 0.717) is 35.4 Å². The van der Waals surface area contributed by atoms with Gasteiger partial charge in [-0.3, -0.25) is 9.59 Å². The van der Waals surface area contributed by atoms with Gasteiger partial charge in [0.15, 0.2) is 5.43 Å². The number of hydrogen-bond donors (Lipinski definition) is 0. The molecule has 6 nitrogen and oxygen atoms in total. The van der Waals surface area contributed by atoms with E-state index in [1.165, 1.54) is 13.2 Å². The molecule has 0 N–H and O–H groups in total. The lowest BCUT2D eigenvalue weighted by Gasteiger charge is -2.23. The number of hydrogen-bond acceptors (Lipinski definition) is 5. The first-order valence-electron chi connectivity index (χ1n) is 10.9. The summed E-state index contributed by atoms with van der Waals surface area (Å²) < 4.78 is 27.0. The van der Waals surface area contributed by atoms with Crippen molar-refractivity contribution in [2.24, 2.45) is 0 Å². The molecule has 4 rings (SSSR count). The topological polar surface area (TPSA) is 60.8 Å². The highest BCUT2D eigenvalue weighted by molar-refractivity contribution is 5.94. The average molecular weight is 438 g/mol. The van der Waals surface area contributed by atoms with Gasteiger partial charge < -0.3 is 18.9 Å². The highest BCUT2D eigenvalue weighted by Crippen LogP contribution is 2.32. The van der Waals surface area contributed by atoms with E-state index in [2.05, 4.69) is 4.90 Å². The molecule has 1 aromatic heterocycles. The fourth-order valence-electron chi connectivity index (χ4n) is 4.34. The molecule has 7 heteroatoms. The minimum Gasteiger partial charge on any atom is -0.497 e. The smallest absolute Gasteiger partial charge is 0.305 e. The van der Waals surface area contributed by atoms with Gasteiger partial charge in [0.2, 0.25) is 0 Å². The highest BCUT2D eigenvalue weighted by Gasteiger charge is 2.22. The van der Waals surface area contributed by atoms with Crippen LogP contribution in [0.5, 0.6) is 5.75 Å². The third-order valence-corrected chi connectivity index (χ3v) is 6.00. The summed E-state index contributed by atoms with van der Waals surface area (Å²) in [6, 6.07) is 10.3. The van der Waals surface area contributed by atoms with Crippen LogP contribution in [0.4, 0.5) is 10.1 Å². The predicted molar refractivity (Wildman–Crippen MR) is 123 cm³/mol. The number of aryl methyl sites for hydroxylation is 1. The van der Waals surface area contributed by atoms with Crippen molar-refractivity contribution in [2.45, 2.75) is 32.2 Å². The molecule has 1 aliphatic rings. The molecule has 0 aliphatic carbocycles. The molecule has 3 aromatic rings. The van der Waals surface area contributed by atoms with Crippen molar-refractivity contribution in [3.63, 3.8) is 0 Å². The molecule has 0 unspecified atom stereocenters. The summed E-state index contributed by atoms with van der Waals surface area (Å²) >= 11 is 0. The Morgan fingerprint density at radius 2 is 1.78 bits per heavy atom. The first kappa shape index (κ1) is 21.9. The van der Waals surface area contributed by atoms with Crippen molar-refractivity contribution in [3.05, 3.63) is 58.6 Å². The molecular formula is C25H27FN2O4. The van der Waals surface area contributed by atoms with Crippen molar-refractivity contribution in [3.8, 4) is 16.9 Å². The number of fused-ring (bicyclic) bond motifs is 1. The number of benzene rings is 2. The van der Waals surface area contributed by atoms with E-state index in [1.807, 2.05) is 4.57 Å². The van der Waals surface area contributed by atoms with Crippen LogP contribution in [0.3, 0.4) is 0 Å². The number of pyridine rings is 1. The minimum atomic E-state index is -0.537. The van der Waals surface area contributed by atoms with Crippen LogP contribution in [0.2, 0.25) is 0 Å². The molecule has 1 fully saturated rings. The van der Waals surface area contributed by atoms with Crippen molar-refractivity contribution in [1.29, 1.82) is 0 Å². The molecule has 2 aromatic carbocycles. The Balaban J connectivity index is 1.90. The molecule has 0 radical (unpaired) electrons. The zero-order valence-electron chi connectivity index (χ0n) is 18.4. The summed E-state index contributed by atoms with van der Waals surface area (Å²) in [7, 11) is 2.94. The lowest BCUT2D eigenvalue weighted by molar-refractivity contribution is -0.140. The van der Waals surface area contributed by atoms with Gasteiger partial charge in [0.25, 0.3) is 0 Å². The largest absolute Gasteiger partial charge is 0.497 e. The van der Waals surface area contributed by atoms with Crippen LogP contribution >= 0.6 is 0 Å². The van der Waals surface area contributed by atoms with Gasteiger partial charge in [-0.1, -0.05) is 12.1 Å². The standard InChI is InChI=1S/C25H27FN2O4/c1-31-18-9-7-17(8-10-18)19-16-28(15-5-6-22(29)32-2)24-21(27-13-3-4-14-27)12-11-20(26)23(24)25(19)30/h7-12,16H,3-6,13-15H2,1-2H3. The summed E-state index contributed by atoms with van der Waals surface area (Å²) in [5.74, 6) is -0.155. The van der Waals surface area contributed by atoms with Crippen molar-refractivity contribution < 1.29 is 18.7 Å². The Labute approximate surface area is 186 Å². The summed E-state index contributed by atoms with van der Waals surface area (Å²) in [5, 5.41) is 0.0841. The maximum Gasteiger partial charge on any atom is 0.305 e. The third-order valence-electron chi connectivity index (χ3n) is 6.00. The summed E-state index contributed by atoms with van der Waals surface area (Å²) in [6.07, 6.45) is 4.67. The van der Waals surface area contributed by atoms with Gasteiger partial charge in [-0.15, -0.1) is 0 Å². The number of aromatic nitrogens is 1. The Morgan fingerprint density at radius 1 is 1.06 bits per heavy atom. The molecule has 2 heterocycles. The van der Waals surface area contributed by atoms with Crippen LogP contribution in [0, 0.1) is 5.82 Å². The number of carbonyl (C=O) groups excluding carboxylic acids is 1. The number of methoxy groups -OCH3 is 2. The van der Waals surface area contributed by atoms with Crippen LogP contribution in [0.15, 0.2) is 47.4 Å². The van der Waals surface area contributed by atoms with Gasteiger partial charge in [-0.2, -0.15) is 0 Å². The number of rotatable bonds is 7. The van der Waals surface area contributed by atoms with Crippen molar-refractivity contribution >= 4 is 22.6 Å². The summed E-state index contributed by atoms with van der Waals surface area (Å²) in [4.78, 5) is 27.3. The van der Waals surface area contributed by atoms with Gasteiger partial charge in [0, 0.05) is 37.8 Å². The van der Waals surface area contributed by atoms with Gasteiger partial charge in [-0.25, -0.2) is 4.39 Å². The van der Waals surface area contributed by atoms with E-state index in [-0.39, 0.29) is 23.2 Å². The second kappa shape index (κ2) is 9.42. The predicted octanol–water partition coefficient (Wildman–Crippen LogP) is 4.37. The number of carbonyl (C=O) groups is 1. The van der Waals surface area contributed by atoms with Gasteiger partial charge in [-0.05, 0) is 49.1 Å². The third kappa shape index (κ3) is 4.20. The fourth-order valence-corrected chi connectivity index (χ4v) is 4.34. The molecule has 0 atom stereocenters. The van der Waals surface area contributed by atoms with Crippen LogP contribution in [0.1, 0.15) is 25.7 Å². The van der Waals surface area contributed by atoms with Gasteiger partial charge in [0.1, 0.15) is 11.6 Å². The lowest BCUT2D eigenvalue weighted by Crippen LogP contribution is -2.22. The molecule has 1 aliphatic heterocycles. The molecule has 0 saturated carbocycles. The molecule has 0 amide bonds. The first-order valence-corrected chi connectivity index (χ1v) is 10.9. The average Bonchev–Trinajstić information content (AvgIpc) is 3.35. The second-order valence-corrected chi connectivity index (χ2v) is 7.96. The van der Waals surface area contributed by atoms with E-state index in [0.717, 1.165) is 31.6 Å². The number of esters is 1. The Hall–Kier alpha value is -3.35. The molecule has 1 saturated heterocycles. The fraction of sp³-hybridized carbons (Fsp3) is 0.360. The van der Waals surface area contributed by atoms with E-state index in [4.69, 9.17) is 9.47 Å². The molecule has 32 heavy (non-hydrogen) atoms. The molecular weight excluding hydrogens is 411 g/mol. The van der Waals surface area contributed by atoms with Crippen LogP contribution in [0.25, 0.3) is 22.0 Å². The normalized spacial score (nSPS) is 13.5.